The SMILES string of the molecule is CC(C)(C)OC(=O)NS(=O)(=O)NC1CCc2cccc(Cl)c21. The van der Waals surface area contributed by atoms with Gasteiger partial charge in [0.05, 0.1) is 6.04 Å². The van der Waals surface area contributed by atoms with Crippen LogP contribution in [-0.4, -0.2) is 20.1 Å². The molecule has 0 bridgehead atoms. The zero-order chi connectivity index (χ0) is 16.5. The number of carbonyl (C=O) groups is 1. The van der Waals surface area contributed by atoms with Crippen LogP contribution in [0.4, 0.5) is 4.79 Å². The molecule has 1 amide bonds. The number of carbonyl (C=O) groups excluding carboxylic acids is 1. The molecule has 1 aliphatic carbocycles. The molecule has 1 unspecified atom stereocenters. The van der Waals surface area contributed by atoms with Crippen LogP contribution in [0.3, 0.4) is 0 Å². The van der Waals surface area contributed by atoms with Crippen LogP contribution in [0.25, 0.3) is 0 Å². The lowest BCUT2D eigenvalue weighted by Gasteiger charge is -2.21. The van der Waals surface area contributed by atoms with Crippen molar-refractivity contribution in [1.82, 2.24) is 9.44 Å². The van der Waals surface area contributed by atoms with E-state index in [0.29, 0.717) is 11.4 Å². The van der Waals surface area contributed by atoms with Gasteiger partial charge >= 0.3 is 16.3 Å². The molecule has 0 heterocycles. The first-order valence-electron chi connectivity index (χ1n) is 6.88. The number of nitrogens with one attached hydrogen (secondary N) is 2. The van der Waals surface area contributed by atoms with Gasteiger partial charge < -0.3 is 4.74 Å². The number of halogens is 1. The lowest BCUT2D eigenvalue weighted by molar-refractivity contribution is 0.0569. The van der Waals surface area contributed by atoms with Gasteiger partial charge in [-0.25, -0.2) is 9.52 Å². The second-order valence-corrected chi connectivity index (χ2v) is 7.98. The van der Waals surface area contributed by atoms with Crippen molar-refractivity contribution in [2.75, 3.05) is 0 Å². The van der Waals surface area contributed by atoms with Crippen LogP contribution in [0.2, 0.25) is 5.02 Å². The average molecular weight is 347 g/mol. The number of aryl methyl sites for hydroxylation is 1. The van der Waals surface area contributed by atoms with Crippen LogP contribution in [0, 0.1) is 0 Å². The smallest absolute Gasteiger partial charge is 0.422 e. The molecule has 1 aromatic carbocycles. The van der Waals surface area contributed by atoms with Gasteiger partial charge in [-0.2, -0.15) is 13.1 Å². The first kappa shape index (κ1) is 17.1. The van der Waals surface area contributed by atoms with Gasteiger partial charge in [-0.05, 0) is 50.8 Å². The highest BCUT2D eigenvalue weighted by molar-refractivity contribution is 7.88. The molecule has 0 spiro atoms. The highest BCUT2D eigenvalue weighted by atomic mass is 35.5. The Kier molecular flexibility index (Phi) is 4.70. The zero-order valence-electron chi connectivity index (χ0n) is 12.6. The van der Waals surface area contributed by atoms with Crippen molar-refractivity contribution < 1.29 is 17.9 Å². The summed E-state index contributed by atoms with van der Waals surface area (Å²) in [5.41, 5.74) is 0.999. The monoisotopic (exact) mass is 346 g/mol. The van der Waals surface area contributed by atoms with E-state index in [-0.39, 0.29) is 0 Å². The Morgan fingerprint density at radius 3 is 2.68 bits per heavy atom. The molecule has 6 nitrogen and oxygen atoms in total. The third-order valence-electron chi connectivity index (χ3n) is 3.11. The third-order valence-corrected chi connectivity index (χ3v) is 4.47. The van der Waals surface area contributed by atoms with E-state index in [1.165, 1.54) is 0 Å². The normalized spacial score (nSPS) is 17.9. The molecule has 0 saturated carbocycles. The molecule has 1 aliphatic rings. The molecule has 2 N–H and O–H groups in total. The van der Waals surface area contributed by atoms with Gasteiger partial charge in [0.2, 0.25) is 0 Å². The van der Waals surface area contributed by atoms with Crippen molar-refractivity contribution in [2.24, 2.45) is 0 Å². The highest BCUT2D eigenvalue weighted by Crippen LogP contribution is 2.36. The van der Waals surface area contributed by atoms with Crippen molar-refractivity contribution in [1.29, 1.82) is 0 Å². The minimum Gasteiger partial charge on any atom is -0.443 e. The van der Waals surface area contributed by atoms with E-state index in [0.717, 1.165) is 17.5 Å². The number of hydrogen-bond donors (Lipinski definition) is 2. The number of fused-ring (bicyclic) bond motifs is 1. The number of amides is 1. The fraction of sp³-hybridized carbons (Fsp3) is 0.500. The Morgan fingerprint density at radius 1 is 1.36 bits per heavy atom. The lowest BCUT2D eigenvalue weighted by Crippen LogP contribution is -2.43. The first-order valence-corrected chi connectivity index (χ1v) is 8.74. The summed E-state index contributed by atoms with van der Waals surface area (Å²) < 4.78 is 33.3. The molecule has 22 heavy (non-hydrogen) atoms. The maximum atomic E-state index is 12.0. The summed E-state index contributed by atoms with van der Waals surface area (Å²) in [5, 5.41) is 0.514. The molecule has 8 heteroatoms. The lowest BCUT2D eigenvalue weighted by atomic mass is 10.1. The quantitative estimate of drug-likeness (QED) is 0.881. The molecule has 122 valence electrons. The van der Waals surface area contributed by atoms with Crippen LogP contribution in [0.1, 0.15) is 44.4 Å². The first-order chi connectivity index (χ1) is 10.1. The molecule has 0 saturated heterocycles. The Balaban J connectivity index is 2.07. The van der Waals surface area contributed by atoms with Crippen LogP contribution in [0.15, 0.2) is 18.2 Å². The molecule has 1 atom stereocenters. The fourth-order valence-corrected chi connectivity index (χ4v) is 3.63. The Bertz CT molecular complexity index is 683. The Hall–Kier alpha value is -1.31. The van der Waals surface area contributed by atoms with Crippen LogP contribution in [-0.2, 0) is 21.4 Å². The highest BCUT2D eigenvalue weighted by Gasteiger charge is 2.30. The summed E-state index contributed by atoms with van der Waals surface area (Å²) in [6.07, 6.45) is 0.307. The third kappa shape index (κ3) is 4.34. The summed E-state index contributed by atoms with van der Waals surface area (Å²) in [6, 6.07) is 5.01. The summed E-state index contributed by atoms with van der Waals surface area (Å²) >= 11 is 6.14. The number of rotatable bonds is 3. The molecular weight excluding hydrogens is 328 g/mol. The average Bonchev–Trinajstić information content (AvgIpc) is 2.69. The molecule has 1 aromatic rings. The van der Waals surface area contributed by atoms with Crippen molar-refractivity contribution in [3.05, 3.63) is 34.3 Å². The zero-order valence-corrected chi connectivity index (χ0v) is 14.2. The number of benzene rings is 1. The minimum absolute atomic E-state index is 0.455. The van der Waals surface area contributed by atoms with Crippen molar-refractivity contribution in [3.8, 4) is 0 Å². The van der Waals surface area contributed by atoms with Crippen molar-refractivity contribution >= 4 is 27.9 Å². The van der Waals surface area contributed by atoms with Gasteiger partial charge in [0, 0.05) is 5.02 Å². The molecule has 2 rings (SSSR count). The van der Waals surface area contributed by atoms with E-state index in [2.05, 4.69) is 4.72 Å². The van der Waals surface area contributed by atoms with Gasteiger partial charge in [-0.15, -0.1) is 0 Å². The van der Waals surface area contributed by atoms with E-state index < -0.39 is 27.9 Å². The second kappa shape index (κ2) is 6.06. The van der Waals surface area contributed by atoms with Crippen molar-refractivity contribution in [2.45, 2.75) is 45.3 Å². The van der Waals surface area contributed by atoms with Crippen LogP contribution in [0.5, 0.6) is 0 Å². The summed E-state index contributed by atoms with van der Waals surface area (Å²) in [4.78, 5) is 11.6. The minimum atomic E-state index is -4.03. The summed E-state index contributed by atoms with van der Waals surface area (Å²) in [5.74, 6) is 0. The topological polar surface area (TPSA) is 84.5 Å². The Labute approximate surface area is 135 Å². The molecular formula is C14H19ClN2O4S. The van der Waals surface area contributed by atoms with Gasteiger partial charge in [-0.1, -0.05) is 23.7 Å². The van der Waals surface area contributed by atoms with E-state index in [4.69, 9.17) is 16.3 Å². The molecule has 0 radical (unpaired) electrons. The largest absolute Gasteiger partial charge is 0.443 e. The van der Waals surface area contributed by atoms with Gasteiger partial charge in [0.15, 0.2) is 0 Å². The van der Waals surface area contributed by atoms with Gasteiger partial charge in [0.25, 0.3) is 0 Å². The van der Waals surface area contributed by atoms with Crippen LogP contribution < -0.4 is 9.44 Å². The number of ether oxygens (including phenoxy) is 1. The summed E-state index contributed by atoms with van der Waals surface area (Å²) in [6.45, 7) is 4.96. The Morgan fingerprint density at radius 2 is 2.05 bits per heavy atom. The van der Waals surface area contributed by atoms with Gasteiger partial charge in [0.1, 0.15) is 5.60 Å². The van der Waals surface area contributed by atoms with Gasteiger partial charge in [-0.3, -0.25) is 0 Å². The molecule has 0 fully saturated rings. The van der Waals surface area contributed by atoms with Crippen molar-refractivity contribution in [3.63, 3.8) is 0 Å². The maximum Gasteiger partial charge on any atom is 0.422 e. The summed E-state index contributed by atoms with van der Waals surface area (Å²) in [7, 11) is -4.03. The standard InChI is InChI=1S/C14H19ClN2O4S/c1-14(2,3)21-13(18)17-22(19,20)16-11-8-7-9-5-4-6-10(15)12(9)11/h4-6,11,16H,7-8H2,1-3H3,(H,17,18). The second-order valence-electron chi connectivity index (χ2n) is 6.13. The van der Waals surface area contributed by atoms with E-state index in [1.807, 2.05) is 16.9 Å². The maximum absolute atomic E-state index is 12.0. The van der Waals surface area contributed by atoms with E-state index in [1.54, 1.807) is 26.8 Å². The molecule has 0 aliphatic heterocycles. The molecule has 0 aromatic heterocycles. The predicted octanol–water partition coefficient (Wildman–Crippen LogP) is 2.69. The predicted molar refractivity (Wildman–Crippen MR) is 83.9 cm³/mol. The number of hydrogen-bond acceptors (Lipinski definition) is 4. The fourth-order valence-electron chi connectivity index (χ4n) is 2.38. The van der Waals surface area contributed by atoms with Crippen LogP contribution >= 0.6 is 11.6 Å². The van der Waals surface area contributed by atoms with E-state index in [9.17, 15) is 13.2 Å². The van der Waals surface area contributed by atoms with E-state index >= 15 is 0 Å².